The van der Waals surface area contributed by atoms with Crippen LogP contribution in [0.1, 0.15) is 37.3 Å². The van der Waals surface area contributed by atoms with Crippen LogP contribution in [0.4, 0.5) is 0 Å². The van der Waals surface area contributed by atoms with Crippen LogP contribution in [-0.4, -0.2) is 57.7 Å². The SMILES string of the molecule is CCCN1CCC(CNC(=NC)NCCc2cc(C)ccc2OC)CC1. The Kier molecular flexibility index (Phi) is 8.75. The standard InChI is InChI=1S/C21H36N4O/c1-5-12-25-13-9-18(10-14-25)16-24-21(22-3)23-11-8-19-15-17(2)6-7-20(19)26-4/h6-7,15,18H,5,8-14,16H2,1-4H3,(H2,22,23,24). The molecule has 0 amide bonds. The molecule has 1 aromatic carbocycles. The van der Waals surface area contributed by atoms with Crippen molar-refractivity contribution >= 4 is 5.96 Å². The Labute approximate surface area is 159 Å². The summed E-state index contributed by atoms with van der Waals surface area (Å²) < 4.78 is 5.46. The van der Waals surface area contributed by atoms with Crippen molar-refractivity contribution in [2.45, 2.75) is 39.5 Å². The summed E-state index contributed by atoms with van der Waals surface area (Å²) in [6.07, 6.45) is 4.74. The fraction of sp³-hybridized carbons (Fsp3) is 0.667. The van der Waals surface area contributed by atoms with Crippen molar-refractivity contribution in [1.82, 2.24) is 15.5 Å². The van der Waals surface area contributed by atoms with Gasteiger partial charge in [0, 0.05) is 20.1 Å². The Morgan fingerprint density at radius 2 is 2.04 bits per heavy atom. The van der Waals surface area contributed by atoms with Crippen LogP contribution in [0.3, 0.4) is 0 Å². The first kappa shape index (κ1) is 20.6. The van der Waals surface area contributed by atoms with E-state index in [1.165, 1.54) is 50.0 Å². The van der Waals surface area contributed by atoms with E-state index in [0.29, 0.717) is 0 Å². The van der Waals surface area contributed by atoms with Crippen LogP contribution < -0.4 is 15.4 Å². The van der Waals surface area contributed by atoms with Gasteiger partial charge in [-0.2, -0.15) is 0 Å². The summed E-state index contributed by atoms with van der Waals surface area (Å²) >= 11 is 0. The van der Waals surface area contributed by atoms with Gasteiger partial charge in [0.15, 0.2) is 5.96 Å². The largest absolute Gasteiger partial charge is 0.496 e. The zero-order valence-electron chi connectivity index (χ0n) is 17.0. The number of hydrogen-bond donors (Lipinski definition) is 2. The smallest absolute Gasteiger partial charge is 0.190 e. The van der Waals surface area contributed by atoms with Crippen LogP contribution in [0.5, 0.6) is 5.75 Å². The fourth-order valence-corrected chi connectivity index (χ4v) is 3.61. The number of ether oxygens (including phenoxy) is 1. The number of piperidine rings is 1. The van der Waals surface area contributed by atoms with Gasteiger partial charge in [0.1, 0.15) is 5.75 Å². The Morgan fingerprint density at radius 1 is 1.27 bits per heavy atom. The lowest BCUT2D eigenvalue weighted by Gasteiger charge is -2.32. The molecule has 0 aliphatic carbocycles. The van der Waals surface area contributed by atoms with E-state index in [0.717, 1.165) is 37.1 Å². The van der Waals surface area contributed by atoms with Gasteiger partial charge in [0.2, 0.25) is 0 Å². The maximum atomic E-state index is 5.46. The molecule has 1 aromatic rings. The normalized spacial score (nSPS) is 16.5. The number of guanidine groups is 1. The molecule has 1 aliphatic rings. The number of methoxy groups -OCH3 is 1. The Hall–Kier alpha value is -1.75. The summed E-state index contributed by atoms with van der Waals surface area (Å²) in [6, 6.07) is 6.32. The van der Waals surface area contributed by atoms with E-state index in [4.69, 9.17) is 4.74 Å². The molecule has 0 aromatic heterocycles. The lowest BCUT2D eigenvalue weighted by atomic mass is 9.97. The van der Waals surface area contributed by atoms with E-state index in [2.05, 4.69) is 46.5 Å². The number of aliphatic imine (C=N–C) groups is 1. The molecule has 0 bridgehead atoms. The summed E-state index contributed by atoms with van der Waals surface area (Å²) in [5.74, 6) is 2.60. The van der Waals surface area contributed by atoms with Gasteiger partial charge in [0.25, 0.3) is 0 Å². The van der Waals surface area contributed by atoms with E-state index in [1.54, 1.807) is 7.11 Å². The number of likely N-dealkylation sites (tertiary alicyclic amines) is 1. The highest BCUT2D eigenvalue weighted by Gasteiger charge is 2.18. The summed E-state index contributed by atoms with van der Waals surface area (Å²) in [5, 5.41) is 6.93. The third-order valence-corrected chi connectivity index (χ3v) is 5.15. The molecule has 0 saturated carbocycles. The Morgan fingerprint density at radius 3 is 2.69 bits per heavy atom. The van der Waals surface area contributed by atoms with Crippen LogP contribution in [0, 0.1) is 12.8 Å². The minimum atomic E-state index is 0.749. The Bertz CT molecular complexity index is 565. The molecule has 0 atom stereocenters. The highest BCUT2D eigenvalue weighted by atomic mass is 16.5. The molecule has 26 heavy (non-hydrogen) atoms. The second kappa shape index (κ2) is 11.1. The molecule has 1 aliphatic heterocycles. The zero-order chi connectivity index (χ0) is 18.8. The number of aryl methyl sites for hydroxylation is 1. The molecular formula is C21H36N4O. The first-order chi connectivity index (χ1) is 12.7. The third kappa shape index (κ3) is 6.52. The lowest BCUT2D eigenvalue weighted by molar-refractivity contribution is 0.185. The molecule has 5 heteroatoms. The molecule has 0 radical (unpaired) electrons. The predicted octanol–water partition coefficient (Wildman–Crippen LogP) is 2.83. The van der Waals surface area contributed by atoms with E-state index < -0.39 is 0 Å². The van der Waals surface area contributed by atoms with Gasteiger partial charge in [-0.3, -0.25) is 4.99 Å². The number of rotatable bonds is 8. The van der Waals surface area contributed by atoms with Gasteiger partial charge in [-0.25, -0.2) is 0 Å². The van der Waals surface area contributed by atoms with E-state index >= 15 is 0 Å². The third-order valence-electron chi connectivity index (χ3n) is 5.15. The second-order valence-corrected chi connectivity index (χ2v) is 7.23. The van der Waals surface area contributed by atoms with Crippen LogP contribution in [0.2, 0.25) is 0 Å². The molecule has 1 fully saturated rings. The summed E-state index contributed by atoms with van der Waals surface area (Å²) in [6.45, 7) is 9.94. The van der Waals surface area contributed by atoms with Crippen molar-refractivity contribution in [3.8, 4) is 5.75 Å². The maximum absolute atomic E-state index is 5.46. The van der Waals surface area contributed by atoms with Crippen molar-refractivity contribution in [2.75, 3.05) is 46.9 Å². The molecule has 5 nitrogen and oxygen atoms in total. The van der Waals surface area contributed by atoms with Crippen molar-refractivity contribution < 1.29 is 4.74 Å². The highest BCUT2D eigenvalue weighted by molar-refractivity contribution is 5.79. The van der Waals surface area contributed by atoms with Crippen molar-refractivity contribution in [3.63, 3.8) is 0 Å². The quantitative estimate of drug-likeness (QED) is 0.553. The van der Waals surface area contributed by atoms with Crippen molar-refractivity contribution in [3.05, 3.63) is 29.3 Å². The van der Waals surface area contributed by atoms with E-state index in [-0.39, 0.29) is 0 Å². The van der Waals surface area contributed by atoms with Crippen LogP contribution in [0.15, 0.2) is 23.2 Å². The predicted molar refractivity (Wildman–Crippen MR) is 110 cm³/mol. The molecule has 0 unspecified atom stereocenters. The van der Waals surface area contributed by atoms with Crippen LogP contribution in [0.25, 0.3) is 0 Å². The number of benzene rings is 1. The Balaban J connectivity index is 1.71. The van der Waals surface area contributed by atoms with E-state index in [9.17, 15) is 0 Å². The first-order valence-corrected chi connectivity index (χ1v) is 9.96. The van der Waals surface area contributed by atoms with Gasteiger partial charge < -0.3 is 20.3 Å². The maximum Gasteiger partial charge on any atom is 0.190 e. The molecule has 2 N–H and O–H groups in total. The van der Waals surface area contributed by atoms with Crippen LogP contribution >= 0.6 is 0 Å². The highest BCUT2D eigenvalue weighted by Crippen LogP contribution is 2.20. The summed E-state index contributed by atoms with van der Waals surface area (Å²) in [4.78, 5) is 6.94. The lowest BCUT2D eigenvalue weighted by Crippen LogP contribution is -2.43. The van der Waals surface area contributed by atoms with Crippen LogP contribution in [-0.2, 0) is 6.42 Å². The molecule has 1 heterocycles. The van der Waals surface area contributed by atoms with Crippen molar-refractivity contribution in [1.29, 1.82) is 0 Å². The average molecular weight is 361 g/mol. The van der Waals surface area contributed by atoms with E-state index in [1.807, 2.05) is 13.1 Å². The van der Waals surface area contributed by atoms with Crippen molar-refractivity contribution in [2.24, 2.45) is 10.9 Å². The monoisotopic (exact) mass is 360 g/mol. The fourth-order valence-electron chi connectivity index (χ4n) is 3.61. The second-order valence-electron chi connectivity index (χ2n) is 7.23. The van der Waals surface area contributed by atoms with Gasteiger partial charge in [-0.05, 0) is 69.8 Å². The molecule has 2 rings (SSSR count). The zero-order valence-corrected chi connectivity index (χ0v) is 17.0. The number of nitrogens with one attached hydrogen (secondary N) is 2. The van der Waals surface area contributed by atoms with Gasteiger partial charge in [-0.1, -0.05) is 24.6 Å². The number of hydrogen-bond acceptors (Lipinski definition) is 3. The minimum Gasteiger partial charge on any atom is -0.496 e. The first-order valence-electron chi connectivity index (χ1n) is 9.96. The van der Waals surface area contributed by atoms with Gasteiger partial charge in [-0.15, -0.1) is 0 Å². The topological polar surface area (TPSA) is 48.9 Å². The molecule has 146 valence electrons. The summed E-state index contributed by atoms with van der Waals surface area (Å²) in [7, 11) is 3.57. The summed E-state index contributed by atoms with van der Waals surface area (Å²) in [5.41, 5.74) is 2.50. The molecular weight excluding hydrogens is 324 g/mol. The number of nitrogens with zero attached hydrogens (tertiary/aromatic N) is 2. The van der Waals surface area contributed by atoms with Gasteiger partial charge >= 0.3 is 0 Å². The molecule has 1 saturated heterocycles. The van der Waals surface area contributed by atoms with Gasteiger partial charge in [0.05, 0.1) is 7.11 Å². The molecule has 0 spiro atoms. The average Bonchev–Trinajstić information content (AvgIpc) is 2.66. The minimum absolute atomic E-state index is 0.749.